The number of ether oxygens (including phenoxy) is 4. The minimum atomic E-state index is -1.27. The molecule has 16 bridgehead atoms. The van der Waals surface area contributed by atoms with E-state index in [9.17, 15) is 84.3 Å². The van der Waals surface area contributed by atoms with Crippen molar-refractivity contribution >= 4 is 47.8 Å². The monoisotopic (exact) mass is 1340 g/mol. The molecule has 4 spiro atoms. The largest absolute Gasteiger partial charge is 0.481 e. The van der Waals surface area contributed by atoms with Crippen molar-refractivity contribution in [2.75, 3.05) is 0 Å². The van der Waals surface area contributed by atoms with Gasteiger partial charge in [-0.25, -0.2) is 0 Å². The fraction of sp³-hybridized carbons (Fsp3) is 0.711. The normalized spacial score (nSPS) is 57.3. The van der Waals surface area contributed by atoms with E-state index < -0.39 is 173 Å². The third kappa shape index (κ3) is 6.84. The minimum Gasteiger partial charge on any atom is -0.481 e. The summed E-state index contributed by atoms with van der Waals surface area (Å²) in [5, 5.41) is 94.1. The van der Waals surface area contributed by atoms with E-state index in [-0.39, 0.29) is 41.0 Å². The van der Waals surface area contributed by atoms with E-state index in [4.69, 9.17) is 18.9 Å². The summed E-state index contributed by atoms with van der Waals surface area (Å²) in [6, 6.07) is 0. The summed E-state index contributed by atoms with van der Waals surface area (Å²) >= 11 is 0. The third-order valence-electron chi connectivity index (χ3n) is 32.6. The van der Waals surface area contributed by atoms with Gasteiger partial charge in [-0.3, -0.25) is 38.4 Å². The zero-order chi connectivity index (χ0) is 69.2. The van der Waals surface area contributed by atoms with Crippen LogP contribution in [0.2, 0.25) is 0 Å². The third-order valence-corrected chi connectivity index (χ3v) is 32.6. The molecule has 0 radical (unpaired) electrons. The minimum absolute atomic E-state index is 0.00104. The van der Waals surface area contributed by atoms with Crippen molar-refractivity contribution in [1.29, 1.82) is 0 Å². The highest BCUT2D eigenvalue weighted by molar-refractivity contribution is 5.90. The molecule has 21 nitrogen and oxygen atoms in total. The molecule has 0 aromatic heterocycles. The van der Waals surface area contributed by atoms with E-state index in [1.165, 1.54) is 5.57 Å². The van der Waals surface area contributed by atoms with Gasteiger partial charge in [0.25, 0.3) is 0 Å². The number of esters is 4. The van der Waals surface area contributed by atoms with E-state index >= 15 is 0 Å². The summed E-state index contributed by atoms with van der Waals surface area (Å²) in [6.07, 6.45) is 20.4. The Labute approximate surface area is 561 Å². The topological polar surface area (TPSA) is 356 Å². The number of carboxylic acids is 4. The van der Waals surface area contributed by atoms with Crippen LogP contribution in [0.1, 0.15) is 150 Å². The molecule has 97 heavy (non-hydrogen) atoms. The van der Waals surface area contributed by atoms with E-state index in [0.29, 0.717) is 94.5 Å². The van der Waals surface area contributed by atoms with Crippen molar-refractivity contribution in [2.24, 2.45) is 126 Å². The van der Waals surface area contributed by atoms with Gasteiger partial charge in [-0.05, 0) is 200 Å². The molecule has 9 N–H and O–H groups in total. The highest BCUT2D eigenvalue weighted by Gasteiger charge is 2.88. The van der Waals surface area contributed by atoms with Crippen LogP contribution in [0.3, 0.4) is 0 Å². The molecule has 21 heteroatoms. The van der Waals surface area contributed by atoms with Gasteiger partial charge in [0.05, 0.1) is 64.0 Å². The molecule has 16 aliphatic carbocycles. The molecule has 4 aliphatic heterocycles. The Bertz CT molecular complexity index is 3890. The first-order valence-electron chi connectivity index (χ1n) is 35.5. The first kappa shape index (κ1) is 64.1. The van der Waals surface area contributed by atoms with Crippen LogP contribution in [0.25, 0.3) is 0 Å². The number of aliphatic carboxylic acids is 4. The van der Waals surface area contributed by atoms with Crippen LogP contribution in [-0.2, 0) is 57.3 Å². The van der Waals surface area contributed by atoms with Crippen LogP contribution >= 0.6 is 0 Å². The number of aliphatic hydroxyl groups excluding tert-OH is 3. The molecule has 31 atom stereocenters. The smallest absolute Gasteiger partial charge is 0.316 e. The first-order valence-corrected chi connectivity index (χ1v) is 35.5. The van der Waals surface area contributed by atoms with Gasteiger partial charge in [0.2, 0.25) is 0 Å². The fourth-order valence-electron chi connectivity index (χ4n) is 29.2. The Hall–Kier alpha value is -6.26. The van der Waals surface area contributed by atoms with Crippen molar-refractivity contribution in [3.05, 3.63) is 85.1 Å². The number of hydrogen-bond donors (Lipinski definition) is 9. The van der Waals surface area contributed by atoms with Crippen LogP contribution in [0.4, 0.5) is 0 Å². The Morgan fingerprint density at radius 3 is 1.38 bits per heavy atom. The van der Waals surface area contributed by atoms with Crippen molar-refractivity contribution in [3.8, 4) is 0 Å². The quantitative estimate of drug-likeness (QED) is 0.0767. The molecule has 20 aliphatic rings. The van der Waals surface area contributed by atoms with Gasteiger partial charge in [-0.15, -0.1) is 0 Å². The van der Waals surface area contributed by atoms with Gasteiger partial charge in [-0.2, -0.15) is 0 Å². The van der Waals surface area contributed by atoms with E-state index in [1.807, 2.05) is 25.2 Å². The number of allylic oxidation sites excluding steroid dienone is 2. The van der Waals surface area contributed by atoms with E-state index in [1.54, 1.807) is 39.0 Å². The molecule has 0 aromatic rings. The molecule has 520 valence electrons. The molecular formula is C76H90O21. The molecule has 4 heterocycles. The maximum absolute atomic E-state index is 12.7. The lowest BCUT2D eigenvalue weighted by atomic mass is 9.59. The number of hydrogen-bond acceptors (Lipinski definition) is 17. The maximum Gasteiger partial charge on any atom is 0.316 e. The number of carboxylic acid groups (broad SMARTS) is 4. The average molecular weight is 1340 g/mol. The molecule has 4 saturated heterocycles. The lowest BCUT2D eigenvalue weighted by Gasteiger charge is -2.45. The summed E-state index contributed by atoms with van der Waals surface area (Å²) in [6.45, 7) is 23.4. The molecule has 20 rings (SSSR count). The first-order chi connectivity index (χ1) is 45.4. The number of aliphatic hydroxyl groups is 5. The van der Waals surface area contributed by atoms with E-state index in [0.717, 1.165) is 56.1 Å². The van der Waals surface area contributed by atoms with Crippen LogP contribution in [-0.4, -0.2) is 146 Å². The highest BCUT2D eigenvalue weighted by Crippen LogP contribution is 2.82. The van der Waals surface area contributed by atoms with Gasteiger partial charge < -0.3 is 64.9 Å². The SMILES string of the molecule is C=C1C[C@]23C[C@@]1(O)CCC2[C@@]12C=C[C@H](O)[C@](C)(C(=O)O1)C2[C@@H]3C(=O)O.C=C1C[C@]23C[C@@]1(O)CCC2[C@@]12CC=C[C@](C)(C(=O)O1)C2[C@@H]3C(=O)O.C=C1C[C@]23C[C@H]1CCC2[C@@]12C=C[C@H](O)[C@](C)(C(=O)O1)C2[C@@H]3C(=O)O.C=C1C[C@]23C[C@H]1CCC2[C@@]12CC[C@H](O)[C@](C)(C(=O)O1)C2[C@@H]3C(=O)O. The van der Waals surface area contributed by atoms with Gasteiger partial charge in [0.15, 0.2) is 0 Å². The van der Waals surface area contributed by atoms with Crippen LogP contribution in [0.15, 0.2) is 85.1 Å². The second-order valence-electron chi connectivity index (χ2n) is 35.6. The van der Waals surface area contributed by atoms with Gasteiger partial charge in [0.1, 0.15) is 33.2 Å². The summed E-state index contributed by atoms with van der Waals surface area (Å²) in [5.74, 6) is -9.31. The standard InChI is InChI=1S/C19H22O6.C19H22O5.C19H24O5.C19H22O5/c1-9-7-17-8-18(9,24)5-3-10(17)19-6-4-11(20)16(2,15(23)25-19)13(19)12(17)14(21)22;1-10-8-17-9-18(10,23)7-4-11(17)19-6-3-5-16(2,15(22)24-19)13(19)12(17)14(20)21;2*1-9-7-18-8-10(9)3-4-11(18)19-6-5-12(20)17(2,16(23)24-19)14(19)13(18)15(21)22/h4,6,10-13,20,24H,1,3,5,7-8H2,2H3,(H,21,22);3,5,11-13,23H,1,4,6-9H2,2H3,(H,20,21);10-14,20H,1,3-8H2,2H3,(H,21,22);5-6,10-14,20H,1,3-4,7-8H2,2H3,(H,21,22)/t10?,11-,12+,13?,16-,17-,18-,19+;11?,12-,13?,16+,17+,18+,19-;2*10-,11?,12+,13-,14?,17+,18+,19-/m0111/s1. The molecule has 13 saturated carbocycles. The second kappa shape index (κ2) is 18.8. The Morgan fingerprint density at radius 2 is 0.866 bits per heavy atom. The Balaban J connectivity index is 0.0000000975. The second-order valence-corrected chi connectivity index (χ2v) is 35.6. The number of carbonyl (C=O) groups is 8. The van der Waals surface area contributed by atoms with Gasteiger partial charge in [0, 0.05) is 53.8 Å². The summed E-state index contributed by atoms with van der Waals surface area (Å²) in [7, 11) is 0. The Kier molecular flexibility index (Phi) is 12.4. The van der Waals surface area contributed by atoms with Crippen molar-refractivity contribution in [3.63, 3.8) is 0 Å². The maximum atomic E-state index is 12.7. The fourth-order valence-corrected chi connectivity index (χ4v) is 29.2. The van der Waals surface area contributed by atoms with Crippen molar-refractivity contribution < 1.29 is 103 Å². The van der Waals surface area contributed by atoms with Crippen molar-refractivity contribution in [2.45, 2.75) is 202 Å². The molecule has 0 amide bonds. The molecule has 8 unspecified atom stereocenters. The van der Waals surface area contributed by atoms with Crippen LogP contribution in [0.5, 0.6) is 0 Å². The average Bonchev–Trinajstić information content (AvgIpc) is 1.50. The molecule has 0 aromatic carbocycles. The Morgan fingerprint density at radius 1 is 0.454 bits per heavy atom. The predicted octanol–water partition coefficient (Wildman–Crippen LogP) is 7.13. The van der Waals surface area contributed by atoms with Crippen LogP contribution < -0.4 is 0 Å². The number of rotatable bonds is 4. The zero-order valence-corrected chi connectivity index (χ0v) is 55.5. The van der Waals surface area contributed by atoms with E-state index in [2.05, 4.69) is 26.3 Å². The molecule has 17 fully saturated rings. The van der Waals surface area contributed by atoms with Crippen LogP contribution in [0, 0.1) is 126 Å². The zero-order valence-electron chi connectivity index (χ0n) is 55.5. The predicted molar refractivity (Wildman–Crippen MR) is 336 cm³/mol. The lowest BCUT2D eigenvalue weighted by Crippen LogP contribution is -2.53. The highest BCUT2D eigenvalue weighted by atomic mass is 16.6. The lowest BCUT2D eigenvalue weighted by molar-refractivity contribution is -0.164. The summed E-state index contributed by atoms with van der Waals surface area (Å²) in [4.78, 5) is 100. The summed E-state index contributed by atoms with van der Waals surface area (Å²) in [5.41, 5.74) is -7.89. The van der Waals surface area contributed by atoms with Crippen molar-refractivity contribution in [1.82, 2.24) is 0 Å². The van der Waals surface area contributed by atoms with Gasteiger partial charge in [-0.1, -0.05) is 61.8 Å². The summed E-state index contributed by atoms with van der Waals surface area (Å²) < 4.78 is 23.8. The number of fused-ring (bicyclic) bond motifs is 4. The number of carbonyl (C=O) groups excluding carboxylic acids is 4. The van der Waals surface area contributed by atoms with Gasteiger partial charge >= 0.3 is 47.8 Å². The molecular weight excluding hydrogens is 1250 g/mol.